The van der Waals surface area contributed by atoms with E-state index >= 15 is 0 Å². The summed E-state index contributed by atoms with van der Waals surface area (Å²) in [4.78, 5) is 32.9. The fourth-order valence-corrected chi connectivity index (χ4v) is 3.58. The first-order chi connectivity index (χ1) is 13.2. The van der Waals surface area contributed by atoms with Gasteiger partial charge in [0, 0.05) is 10.2 Å². The molecule has 0 saturated carbocycles. The average molecular weight is 445 g/mol. The van der Waals surface area contributed by atoms with E-state index in [1.54, 1.807) is 20.8 Å². The maximum Gasteiger partial charge on any atom is 0.330 e. The van der Waals surface area contributed by atoms with Gasteiger partial charge in [-0.2, -0.15) is 0 Å². The Labute approximate surface area is 174 Å². The molecule has 1 aliphatic rings. The van der Waals surface area contributed by atoms with Gasteiger partial charge in [-0.25, -0.2) is 4.79 Å². The van der Waals surface area contributed by atoms with Crippen LogP contribution in [-0.4, -0.2) is 30.0 Å². The molecule has 1 fully saturated rings. The molecule has 0 aromatic heterocycles. The highest BCUT2D eigenvalue weighted by atomic mass is 79.9. The number of hydroxylamine groups is 2. The largest absolute Gasteiger partial charge is 0.367 e. The van der Waals surface area contributed by atoms with Gasteiger partial charge in [0.15, 0.2) is 0 Å². The van der Waals surface area contributed by atoms with Crippen LogP contribution in [0.15, 0.2) is 53.0 Å². The highest BCUT2D eigenvalue weighted by Crippen LogP contribution is 2.34. The number of anilines is 1. The van der Waals surface area contributed by atoms with Crippen LogP contribution in [0, 0.1) is 12.3 Å². The molecule has 1 aliphatic heterocycles. The number of carbonyl (C=O) groups excluding carboxylic acids is 2. The molecule has 1 saturated heterocycles. The summed E-state index contributed by atoms with van der Waals surface area (Å²) in [5.41, 5.74) is 2.24. The summed E-state index contributed by atoms with van der Waals surface area (Å²) in [7, 11) is 0. The SMILES string of the molecule is Cc1ccccc1N1C(=O)CN(OC(=O)C(C)(C)C)CC1c1cccc(Br)c1. The lowest BCUT2D eigenvalue weighted by molar-refractivity contribution is -0.204. The summed E-state index contributed by atoms with van der Waals surface area (Å²) in [5.74, 6) is -0.454. The number of rotatable bonds is 3. The van der Waals surface area contributed by atoms with Crippen LogP contribution in [-0.2, 0) is 14.4 Å². The second kappa shape index (κ2) is 8.05. The molecule has 2 aromatic rings. The van der Waals surface area contributed by atoms with Gasteiger partial charge in [-0.3, -0.25) is 4.79 Å². The molecule has 6 heteroatoms. The summed E-state index contributed by atoms with van der Waals surface area (Å²) in [6, 6.07) is 15.4. The lowest BCUT2D eigenvalue weighted by atomic mass is 9.97. The van der Waals surface area contributed by atoms with Gasteiger partial charge in [-0.05, 0) is 57.0 Å². The minimum absolute atomic E-state index is 0.0284. The Balaban J connectivity index is 1.98. The third-order valence-corrected chi connectivity index (χ3v) is 5.19. The van der Waals surface area contributed by atoms with Crippen molar-refractivity contribution in [3.8, 4) is 0 Å². The molecule has 0 spiro atoms. The van der Waals surface area contributed by atoms with Crippen LogP contribution in [0.5, 0.6) is 0 Å². The zero-order chi connectivity index (χ0) is 20.5. The molecule has 1 atom stereocenters. The Bertz CT molecular complexity index is 891. The molecular formula is C22H25BrN2O3. The maximum atomic E-state index is 13.1. The highest BCUT2D eigenvalue weighted by molar-refractivity contribution is 9.10. The molecule has 1 heterocycles. The molecule has 0 bridgehead atoms. The van der Waals surface area contributed by atoms with Crippen LogP contribution >= 0.6 is 15.9 Å². The van der Waals surface area contributed by atoms with Crippen molar-refractivity contribution in [1.82, 2.24) is 5.06 Å². The molecular weight excluding hydrogens is 420 g/mol. The van der Waals surface area contributed by atoms with Crippen molar-refractivity contribution in [1.29, 1.82) is 0 Å². The van der Waals surface area contributed by atoms with Crippen LogP contribution in [0.4, 0.5) is 5.69 Å². The van der Waals surface area contributed by atoms with E-state index in [0.717, 1.165) is 21.3 Å². The molecule has 1 unspecified atom stereocenters. The zero-order valence-corrected chi connectivity index (χ0v) is 18.2. The van der Waals surface area contributed by atoms with Crippen molar-refractivity contribution >= 4 is 33.5 Å². The number of para-hydroxylation sites is 1. The van der Waals surface area contributed by atoms with Crippen LogP contribution in [0.3, 0.4) is 0 Å². The standard InChI is InChI=1S/C22H25BrN2O3/c1-15-8-5-6-11-18(15)25-19(16-9-7-10-17(23)12-16)13-24(14-20(25)26)28-21(27)22(2,3)4/h5-12,19H,13-14H2,1-4H3. The van der Waals surface area contributed by atoms with Crippen molar-refractivity contribution in [2.24, 2.45) is 5.41 Å². The van der Waals surface area contributed by atoms with E-state index in [0.29, 0.717) is 6.54 Å². The second-order valence-corrected chi connectivity index (χ2v) is 8.99. The van der Waals surface area contributed by atoms with Gasteiger partial charge in [0.1, 0.15) is 6.54 Å². The number of piperazine rings is 1. The summed E-state index contributed by atoms with van der Waals surface area (Å²) >= 11 is 3.51. The lowest BCUT2D eigenvalue weighted by Crippen LogP contribution is -2.53. The minimum Gasteiger partial charge on any atom is -0.367 e. The van der Waals surface area contributed by atoms with Gasteiger partial charge < -0.3 is 9.74 Å². The maximum absolute atomic E-state index is 13.1. The van der Waals surface area contributed by atoms with Crippen LogP contribution < -0.4 is 4.90 Å². The Kier molecular flexibility index (Phi) is 5.91. The third-order valence-electron chi connectivity index (χ3n) is 4.70. The van der Waals surface area contributed by atoms with Crippen molar-refractivity contribution in [3.63, 3.8) is 0 Å². The Morgan fingerprint density at radius 3 is 2.50 bits per heavy atom. The Morgan fingerprint density at radius 2 is 1.86 bits per heavy atom. The van der Waals surface area contributed by atoms with Gasteiger partial charge in [-0.15, -0.1) is 5.06 Å². The van der Waals surface area contributed by atoms with E-state index in [4.69, 9.17) is 4.84 Å². The first kappa shape index (κ1) is 20.6. The number of aryl methyl sites for hydroxylation is 1. The van der Waals surface area contributed by atoms with Gasteiger partial charge in [0.25, 0.3) is 0 Å². The quantitative estimate of drug-likeness (QED) is 0.690. The van der Waals surface area contributed by atoms with Crippen LogP contribution in [0.25, 0.3) is 0 Å². The predicted octanol–water partition coefficient (Wildman–Crippen LogP) is 4.65. The number of amides is 1. The molecule has 2 aromatic carbocycles. The highest BCUT2D eigenvalue weighted by Gasteiger charge is 2.38. The minimum atomic E-state index is -0.637. The lowest BCUT2D eigenvalue weighted by Gasteiger charge is -2.41. The summed E-state index contributed by atoms with van der Waals surface area (Å²) in [6.07, 6.45) is 0. The van der Waals surface area contributed by atoms with Crippen molar-refractivity contribution in [2.75, 3.05) is 18.0 Å². The number of hydrogen-bond donors (Lipinski definition) is 0. The Hall–Kier alpha value is -2.18. The normalized spacial score (nSPS) is 18.2. The molecule has 0 aliphatic carbocycles. The van der Waals surface area contributed by atoms with Gasteiger partial charge in [0.2, 0.25) is 5.91 Å². The molecule has 0 radical (unpaired) electrons. The Morgan fingerprint density at radius 1 is 1.14 bits per heavy atom. The molecule has 1 amide bonds. The number of nitrogens with zero attached hydrogens (tertiary/aromatic N) is 2. The van der Waals surface area contributed by atoms with Gasteiger partial charge in [0.05, 0.1) is 18.0 Å². The summed E-state index contributed by atoms with van der Waals surface area (Å²) < 4.78 is 0.936. The van der Waals surface area contributed by atoms with E-state index in [-0.39, 0.29) is 24.5 Å². The van der Waals surface area contributed by atoms with Gasteiger partial charge >= 0.3 is 5.97 Å². The first-order valence-electron chi connectivity index (χ1n) is 9.27. The fraction of sp³-hybridized carbons (Fsp3) is 0.364. The molecule has 148 valence electrons. The summed E-state index contributed by atoms with van der Waals surface area (Å²) in [5, 5.41) is 1.48. The first-order valence-corrected chi connectivity index (χ1v) is 10.1. The fourth-order valence-electron chi connectivity index (χ4n) is 3.17. The van der Waals surface area contributed by atoms with Crippen LogP contribution in [0.1, 0.15) is 37.9 Å². The van der Waals surface area contributed by atoms with Crippen molar-refractivity contribution in [3.05, 3.63) is 64.1 Å². The smallest absolute Gasteiger partial charge is 0.330 e. The van der Waals surface area contributed by atoms with E-state index in [1.165, 1.54) is 5.06 Å². The molecule has 5 nitrogen and oxygen atoms in total. The van der Waals surface area contributed by atoms with Crippen LogP contribution in [0.2, 0.25) is 0 Å². The predicted molar refractivity (Wildman–Crippen MR) is 113 cm³/mol. The zero-order valence-electron chi connectivity index (χ0n) is 16.6. The number of halogens is 1. The number of carbonyl (C=O) groups is 2. The molecule has 3 rings (SSSR count). The average Bonchev–Trinajstić information content (AvgIpc) is 2.61. The van der Waals surface area contributed by atoms with E-state index in [1.807, 2.05) is 60.4 Å². The molecule has 0 N–H and O–H groups in total. The van der Waals surface area contributed by atoms with Crippen molar-refractivity contribution < 1.29 is 14.4 Å². The number of benzene rings is 2. The van der Waals surface area contributed by atoms with Gasteiger partial charge in [-0.1, -0.05) is 46.3 Å². The second-order valence-electron chi connectivity index (χ2n) is 8.07. The monoisotopic (exact) mass is 444 g/mol. The summed E-state index contributed by atoms with van der Waals surface area (Å²) in [6.45, 7) is 7.82. The van der Waals surface area contributed by atoms with E-state index in [2.05, 4.69) is 15.9 Å². The van der Waals surface area contributed by atoms with E-state index in [9.17, 15) is 9.59 Å². The van der Waals surface area contributed by atoms with Crippen molar-refractivity contribution in [2.45, 2.75) is 33.7 Å². The number of hydrogen-bond acceptors (Lipinski definition) is 4. The van der Waals surface area contributed by atoms with E-state index < -0.39 is 5.41 Å². The topological polar surface area (TPSA) is 49.9 Å². The third kappa shape index (κ3) is 4.45. The molecule has 28 heavy (non-hydrogen) atoms.